The van der Waals surface area contributed by atoms with Crippen molar-refractivity contribution in [3.05, 3.63) is 64.7 Å². The summed E-state index contributed by atoms with van der Waals surface area (Å²) in [5.74, 6) is 0.295. The Morgan fingerprint density at radius 3 is 2.66 bits per heavy atom. The summed E-state index contributed by atoms with van der Waals surface area (Å²) >= 11 is 0. The summed E-state index contributed by atoms with van der Waals surface area (Å²) in [5.41, 5.74) is 3.98. The van der Waals surface area contributed by atoms with Crippen molar-refractivity contribution in [2.24, 2.45) is 0 Å². The van der Waals surface area contributed by atoms with Gasteiger partial charge in [0.25, 0.3) is 11.8 Å². The van der Waals surface area contributed by atoms with Crippen LogP contribution in [-0.4, -0.2) is 76.6 Å². The molecule has 0 radical (unpaired) electrons. The molecule has 1 aliphatic heterocycles. The lowest BCUT2D eigenvalue weighted by Gasteiger charge is -2.31. The number of nitrogens with one attached hydrogen (secondary N) is 2. The molecule has 0 bridgehead atoms. The van der Waals surface area contributed by atoms with Gasteiger partial charge in [0.15, 0.2) is 5.82 Å². The minimum Gasteiger partial charge on any atom is -0.376 e. The number of halogens is 1. The van der Waals surface area contributed by atoms with Gasteiger partial charge in [0, 0.05) is 50.0 Å². The number of carbonyl (C=O) groups is 2. The molecule has 2 N–H and O–H groups in total. The number of rotatable bonds is 11. The molecular formula is C27H34FN7O3. The second-order valence-corrected chi connectivity index (χ2v) is 9.32. The highest BCUT2D eigenvalue weighted by molar-refractivity contribution is 5.87. The lowest BCUT2D eigenvalue weighted by Crippen LogP contribution is -2.49. The molecule has 2 amide bonds. The first-order chi connectivity index (χ1) is 18.3. The van der Waals surface area contributed by atoms with Gasteiger partial charge < -0.3 is 20.1 Å². The van der Waals surface area contributed by atoms with Crippen LogP contribution in [0.3, 0.4) is 0 Å². The van der Waals surface area contributed by atoms with Crippen LogP contribution in [0.4, 0.5) is 10.1 Å². The molecule has 0 atom stereocenters. The van der Waals surface area contributed by atoms with Crippen LogP contribution < -0.4 is 10.6 Å². The Bertz CT molecular complexity index is 1300. The van der Waals surface area contributed by atoms with Gasteiger partial charge in [-0.2, -0.15) is 4.98 Å². The van der Waals surface area contributed by atoms with Crippen molar-refractivity contribution >= 4 is 17.5 Å². The Labute approximate surface area is 221 Å². The van der Waals surface area contributed by atoms with E-state index >= 15 is 0 Å². The molecule has 1 aliphatic rings. The summed E-state index contributed by atoms with van der Waals surface area (Å²) in [6.07, 6.45) is 0. The molecule has 4 rings (SSSR count). The molecule has 2 aromatic carbocycles. The van der Waals surface area contributed by atoms with E-state index in [1.54, 1.807) is 29.9 Å². The minimum absolute atomic E-state index is 0.0311. The average molecular weight is 524 g/mol. The van der Waals surface area contributed by atoms with Gasteiger partial charge in [0.1, 0.15) is 12.4 Å². The zero-order chi connectivity index (χ0) is 27.2. The van der Waals surface area contributed by atoms with E-state index in [2.05, 4.69) is 20.8 Å². The van der Waals surface area contributed by atoms with E-state index < -0.39 is 0 Å². The number of hydrogen-bond acceptors (Lipinski definition) is 8. The summed E-state index contributed by atoms with van der Waals surface area (Å²) in [4.78, 5) is 32.1. The monoisotopic (exact) mass is 523 g/mol. The number of nitrogens with zero attached hydrogens (tertiary/aromatic N) is 5. The molecule has 3 aromatic rings. The van der Waals surface area contributed by atoms with Crippen LogP contribution in [0.5, 0.6) is 0 Å². The van der Waals surface area contributed by atoms with Crippen LogP contribution in [0.15, 0.2) is 40.9 Å². The maximum atomic E-state index is 14.2. The molecule has 0 spiro atoms. The van der Waals surface area contributed by atoms with Crippen molar-refractivity contribution in [2.75, 3.05) is 45.1 Å². The Balaban J connectivity index is 1.37. The fraction of sp³-hybridized carbons (Fsp3) is 0.407. The van der Waals surface area contributed by atoms with E-state index in [4.69, 9.17) is 4.52 Å². The van der Waals surface area contributed by atoms with Crippen LogP contribution in [-0.2, 0) is 22.7 Å². The number of hydrogen-bond donors (Lipinski definition) is 2. The van der Waals surface area contributed by atoms with Gasteiger partial charge in [0.2, 0.25) is 5.91 Å². The summed E-state index contributed by atoms with van der Waals surface area (Å²) in [6, 6.07) is 10.6. The SMILES string of the molecule is CCNCCN(CC(=O)N(C)N1Cc2cccc(F)c2C1)C(=O)CNc1ccc(-c2nc(C)no2)cc1C. The first-order valence-corrected chi connectivity index (χ1v) is 12.7. The highest BCUT2D eigenvalue weighted by Crippen LogP contribution is 2.26. The first-order valence-electron chi connectivity index (χ1n) is 12.7. The maximum Gasteiger partial charge on any atom is 0.257 e. The van der Waals surface area contributed by atoms with Crippen molar-refractivity contribution in [3.8, 4) is 11.5 Å². The van der Waals surface area contributed by atoms with Crippen LogP contribution in [0.2, 0.25) is 0 Å². The summed E-state index contributed by atoms with van der Waals surface area (Å²) in [7, 11) is 1.66. The van der Waals surface area contributed by atoms with Gasteiger partial charge in [-0.1, -0.05) is 24.2 Å². The third kappa shape index (κ3) is 6.35. The number of benzene rings is 2. The normalized spacial score (nSPS) is 12.9. The van der Waals surface area contributed by atoms with Gasteiger partial charge in [-0.3, -0.25) is 14.6 Å². The first kappa shape index (κ1) is 27.2. The maximum absolute atomic E-state index is 14.2. The largest absolute Gasteiger partial charge is 0.376 e. The second-order valence-electron chi connectivity index (χ2n) is 9.32. The molecule has 202 valence electrons. The number of carbonyl (C=O) groups excluding carboxylic acids is 2. The lowest BCUT2D eigenvalue weighted by atomic mass is 10.1. The van der Waals surface area contributed by atoms with E-state index in [0.29, 0.717) is 43.5 Å². The van der Waals surface area contributed by atoms with Gasteiger partial charge >= 0.3 is 0 Å². The molecule has 2 heterocycles. The molecule has 11 heteroatoms. The molecule has 38 heavy (non-hydrogen) atoms. The number of hydrazine groups is 1. The van der Waals surface area contributed by atoms with E-state index in [1.807, 2.05) is 38.1 Å². The molecule has 0 saturated carbocycles. The quantitative estimate of drug-likeness (QED) is 0.370. The average Bonchev–Trinajstić information content (AvgIpc) is 3.54. The predicted molar refractivity (Wildman–Crippen MR) is 141 cm³/mol. The summed E-state index contributed by atoms with van der Waals surface area (Å²) in [6.45, 7) is 8.10. The van der Waals surface area contributed by atoms with Crippen molar-refractivity contribution in [2.45, 2.75) is 33.9 Å². The van der Waals surface area contributed by atoms with Gasteiger partial charge in [0.05, 0.1) is 6.54 Å². The third-order valence-electron chi connectivity index (χ3n) is 6.61. The Kier molecular flexibility index (Phi) is 8.70. The lowest BCUT2D eigenvalue weighted by molar-refractivity contribution is -0.151. The van der Waals surface area contributed by atoms with Crippen molar-refractivity contribution < 1.29 is 18.5 Å². The zero-order valence-corrected chi connectivity index (χ0v) is 22.3. The number of amides is 2. The van der Waals surface area contributed by atoms with E-state index in [0.717, 1.165) is 28.9 Å². The highest BCUT2D eigenvalue weighted by Gasteiger charge is 2.28. The Hall–Kier alpha value is -3.83. The van der Waals surface area contributed by atoms with Crippen molar-refractivity contribution in [1.82, 2.24) is 30.4 Å². The molecular weight excluding hydrogens is 489 g/mol. The fourth-order valence-electron chi connectivity index (χ4n) is 4.37. The van der Waals surface area contributed by atoms with Gasteiger partial charge in [-0.15, -0.1) is 0 Å². The van der Waals surface area contributed by atoms with Crippen molar-refractivity contribution in [3.63, 3.8) is 0 Å². The van der Waals surface area contributed by atoms with Gasteiger partial charge in [-0.05, 0) is 55.8 Å². The van der Waals surface area contributed by atoms with Crippen LogP contribution in [0.1, 0.15) is 29.4 Å². The third-order valence-corrected chi connectivity index (χ3v) is 6.61. The molecule has 0 saturated heterocycles. The summed E-state index contributed by atoms with van der Waals surface area (Å²) in [5, 5.41) is 13.5. The molecule has 1 aromatic heterocycles. The number of fused-ring (bicyclic) bond motifs is 1. The van der Waals surface area contributed by atoms with Crippen LogP contribution >= 0.6 is 0 Å². The van der Waals surface area contributed by atoms with Gasteiger partial charge in [-0.25, -0.2) is 9.40 Å². The molecule has 0 unspecified atom stereocenters. The highest BCUT2D eigenvalue weighted by atomic mass is 19.1. The molecule has 10 nitrogen and oxygen atoms in total. The standard InChI is InChI=1S/C27H34FN7O3/c1-5-29-11-12-34(17-26(37)33(4)35-15-21-7-6-8-23(28)22(21)16-35)25(36)14-30-24-10-9-20(13-18(24)2)27-31-19(3)32-38-27/h6-10,13,29-30H,5,11-12,14-17H2,1-4H3. The molecule has 0 fully saturated rings. The van der Waals surface area contributed by atoms with Crippen LogP contribution in [0.25, 0.3) is 11.5 Å². The number of aryl methyl sites for hydroxylation is 2. The Morgan fingerprint density at radius 1 is 1.16 bits per heavy atom. The number of aromatic nitrogens is 2. The zero-order valence-electron chi connectivity index (χ0n) is 22.3. The van der Waals surface area contributed by atoms with Crippen molar-refractivity contribution in [1.29, 1.82) is 0 Å². The fourth-order valence-corrected chi connectivity index (χ4v) is 4.37. The minimum atomic E-state index is -0.269. The summed E-state index contributed by atoms with van der Waals surface area (Å²) < 4.78 is 19.4. The van der Waals surface area contributed by atoms with E-state index in [9.17, 15) is 14.0 Å². The smallest absolute Gasteiger partial charge is 0.257 e. The van der Waals surface area contributed by atoms with E-state index in [-0.39, 0.29) is 30.7 Å². The topological polar surface area (TPSA) is 107 Å². The second kappa shape index (κ2) is 12.1. The number of likely N-dealkylation sites (N-methyl/N-ethyl adjacent to an activating group) is 2. The van der Waals surface area contributed by atoms with Crippen LogP contribution in [0, 0.1) is 19.7 Å². The van der Waals surface area contributed by atoms with E-state index in [1.165, 1.54) is 11.1 Å². The Morgan fingerprint density at radius 2 is 1.97 bits per heavy atom. The molecule has 0 aliphatic carbocycles. The predicted octanol–water partition coefficient (Wildman–Crippen LogP) is 2.73. The number of anilines is 1.